The van der Waals surface area contributed by atoms with E-state index in [0.29, 0.717) is 21.6 Å². The molecule has 0 aromatic rings. The van der Waals surface area contributed by atoms with Gasteiger partial charge in [0.25, 0.3) is 0 Å². The average Bonchev–Trinajstić information content (AvgIpc) is 2.94. The Kier molecular flexibility index (Phi) is 4.73. The molecule has 1 saturated carbocycles. The van der Waals surface area contributed by atoms with Gasteiger partial charge in [-0.1, -0.05) is 43.4 Å². The van der Waals surface area contributed by atoms with Crippen LogP contribution in [0.4, 0.5) is 0 Å². The molecule has 0 saturated heterocycles. The van der Waals surface area contributed by atoms with Gasteiger partial charge in [0.1, 0.15) is 11.7 Å². The van der Waals surface area contributed by atoms with Gasteiger partial charge in [-0.25, -0.2) is 5.84 Å². The van der Waals surface area contributed by atoms with Crippen molar-refractivity contribution in [1.29, 1.82) is 5.41 Å². The highest BCUT2D eigenvalue weighted by Crippen LogP contribution is 2.40. The lowest BCUT2D eigenvalue weighted by Gasteiger charge is -2.26. The lowest BCUT2D eigenvalue weighted by atomic mass is 9.96. The molecule has 3 N–H and O–H groups in total. The van der Waals surface area contributed by atoms with Crippen molar-refractivity contribution in [3.8, 4) is 0 Å². The number of nitrogens with one attached hydrogen (secondary N) is 1. The van der Waals surface area contributed by atoms with E-state index < -0.39 is 0 Å². The molecule has 1 aliphatic carbocycles. The maximum Gasteiger partial charge on any atom is 0.123 e. The second kappa shape index (κ2) is 5.44. The SMILES string of the molecule is C/N=C(/[C@@H]1CC1I)N(N)C(=N)[C@H](C)C(C)C. The fraction of sp³-hybridized carbons (Fsp3) is 0.818. The summed E-state index contributed by atoms with van der Waals surface area (Å²) in [5.41, 5.74) is 0. The summed E-state index contributed by atoms with van der Waals surface area (Å²) in [6.07, 6.45) is 1.13. The van der Waals surface area contributed by atoms with Crippen LogP contribution in [-0.2, 0) is 0 Å². The smallest absolute Gasteiger partial charge is 0.123 e. The zero-order valence-corrected chi connectivity index (χ0v) is 12.5. The quantitative estimate of drug-likeness (QED) is 0.207. The van der Waals surface area contributed by atoms with Crippen molar-refractivity contribution in [3.63, 3.8) is 0 Å². The van der Waals surface area contributed by atoms with Crippen LogP contribution in [0.25, 0.3) is 0 Å². The second-order valence-corrected chi connectivity index (χ2v) is 6.33. The molecule has 0 heterocycles. The molecule has 1 aliphatic rings. The molecule has 1 fully saturated rings. The van der Waals surface area contributed by atoms with Crippen LogP contribution in [-0.4, -0.2) is 27.7 Å². The van der Waals surface area contributed by atoms with Crippen LogP contribution in [0.5, 0.6) is 0 Å². The number of nitrogens with two attached hydrogens (primary N) is 1. The lowest BCUT2D eigenvalue weighted by molar-refractivity contribution is 0.471. The molecule has 0 radical (unpaired) electrons. The van der Waals surface area contributed by atoms with E-state index in [1.165, 1.54) is 5.01 Å². The molecule has 0 spiro atoms. The Morgan fingerprint density at radius 2 is 2.00 bits per heavy atom. The van der Waals surface area contributed by atoms with E-state index >= 15 is 0 Å². The normalized spacial score (nSPS) is 26.8. The summed E-state index contributed by atoms with van der Waals surface area (Å²) in [6, 6.07) is 0. The minimum atomic E-state index is 0.160. The summed E-state index contributed by atoms with van der Waals surface area (Å²) < 4.78 is 0.629. The standard InChI is InChI=1S/C11H21IN4/c1-6(2)7(3)10(13)16(14)11(15-4)8-5-9(8)12/h6-9,13H,5,14H2,1-4H3/b13-10?,15-11-/t7-,8-,9?/m1/s1. The van der Waals surface area contributed by atoms with Crippen molar-refractivity contribution in [3.05, 3.63) is 0 Å². The molecule has 0 aromatic carbocycles. The van der Waals surface area contributed by atoms with Gasteiger partial charge in [-0.2, -0.15) is 0 Å². The molecule has 1 unspecified atom stereocenters. The van der Waals surface area contributed by atoms with Crippen molar-refractivity contribution < 1.29 is 0 Å². The van der Waals surface area contributed by atoms with Gasteiger partial charge < -0.3 is 0 Å². The molecule has 5 heteroatoms. The summed E-state index contributed by atoms with van der Waals surface area (Å²) in [6.45, 7) is 6.25. The number of hydrogen-bond donors (Lipinski definition) is 2. The number of aliphatic imine (C=N–C) groups is 1. The molecule has 3 atom stereocenters. The Bertz CT molecular complexity index is 300. The highest BCUT2D eigenvalue weighted by atomic mass is 127. The number of amidine groups is 2. The fourth-order valence-electron chi connectivity index (χ4n) is 1.54. The van der Waals surface area contributed by atoms with Gasteiger partial charge in [-0.05, 0) is 12.3 Å². The minimum Gasteiger partial charge on any atom is -0.287 e. The Morgan fingerprint density at radius 3 is 2.31 bits per heavy atom. The van der Waals surface area contributed by atoms with Crippen molar-refractivity contribution in [2.24, 2.45) is 28.6 Å². The van der Waals surface area contributed by atoms with Gasteiger partial charge in [0.15, 0.2) is 0 Å². The van der Waals surface area contributed by atoms with E-state index in [0.717, 1.165) is 12.3 Å². The fourth-order valence-corrected chi connectivity index (χ4v) is 2.41. The van der Waals surface area contributed by atoms with Crippen LogP contribution in [0.15, 0.2) is 4.99 Å². The van der Waals surface area contributed by atoms with E-state index in [4.69, 9.17) is 11.3 Å². The van der Waals surface area contributed by atoms with Crippen molar-refractivity contribution >= 4 is 34.3 Å². The topological polar surface area (TPSA) is 65.5 Å². The maximum absolute atomic E-state index is 8.07. The van der Waals surface area contributed by atoms with E-state index in [1.807, 2.05) is 6.92 Å². The monoisotopic (exact) mass is 336 g/mol. The van der Waals surface area contributed by atoms with Gasteiger partial charge >= 0.3 is 0 Å². The first-order valence-corrected chi connectivity index (χ1v) is 6.88. The predicted molar refractivity (Wildman–Crippen MR) is 77.0 cm³/mol. The van der Waals surface area contributed by atoms with Gasteiger partial charge in [-0.15, -0.1) is 0 Å². The van der Waals surface area contributed by atoms with Crippen LogP contribution >= 0.6 is 22.6 Å². The number of hydrazine groups is 1. The highest BCUT2D eigenvalue weighted by Gasteiger charge is 2.41. The van der Waals surface area contributed by atoms with Crippen LogP contribution in [0.2, 0.25) is 0 Å². The van der Waals surface area contributed by atoms with E-state index in [2.05, 4.69) is 41.4 Å². The van der Waals surface area contributed by atoms with E-state index in [-0.39, 0.29) is 5.92 Å². The largest absolute Gasteiger partial charge is 0.287 e. The van der Waals surface area contributed by atoms with E-state index in [1.54, 1.807) is 7.05 Å². The second-order valence-electron chi connectivity index (χ2n) is 4.73. The lowest BCUT2D eigenvalue weighted by Crippen LogP contribution is -2.47. The molecule has 4 nitrogen and oxygen atoms in total. The maximum atomic E-state index is 8.07. The predicted octanol–water partition coefficient (Wildman–Crippen LogP) is 2.28. The van der Waals surface area contributed by atoms with Crippen LogP contribution in [0, 0.1) is 23.2 Å². The van der Waals surface area contributed by atoms with Gasteiger partial charge in [-0.3, -0.25) is 15.4 Å². The summed E-state index contributed by atoms with van der Waals surface area (Å²) in [7, 11) is 1.75. The summed E-state index contributed by atoms with van der Waals surface area (Å²) in [4.78, 5) is 4.24. The van der Waals surface area contributed by atoms with Crippen molar-refractivity contribution in [2.45, 2.75) is 31.1 Å². The number of hydrogen-bond acceptors (Lipinski definition) is 3. The summed E-state index contributed by atoms with van der Waals surface area (Å²) in [5.74, 6) is 8.33. The number of nitrogens with zero attached hydrogens (tertiary/aromatic N) is 2. The molecule has 1 rings (SSSR count). The molecular weight excluding hydrogens is 315 g/mol. The number of alkyl halides is 1. The molecule has 0 aromatic heterocycles. The van der Waals surface area contributed by atoms with Gasteiger partial charge in [0, 0.05) is 22.8 Å². The van der Waals surface area contributed by atoms with Crippen LogP contribution in [0.1, 0.15) is 27.2 Å². The molecule has 0 amide bonds. The Hall–Kier alpha value is -0.170. The molecule has 0 aliphatic heterocycles. The van der Waals surface area contributed by atoms with Crippen molar-refractivity contribution in [1.82, 2.24) is 5.01 Å². The van der Waals surface area contributed by atoms with E-state index in [9.17, 15) is 0 Å². The Labute approximate surface area is 111 Å². The first kappa shape index (κ1) is 13.9. The average molecular weight is 336 g/mol. The Morgan fingerprint density at radius 1 is 1.50 bits per heavy atom. The van der Waals surface area contributed by atoms with Crippen molar-refractivity contribution in [2.75, 3.05) is 7.05 Å². The van der Waals surface area contributed by atoms with Crippen LogP contribution in [0.3, 0.4) is 0 Å². The molecule has 0 bridgehead atoms. The highest BCUT2D eigenvalue weighted by molar-refractivity contribution is 14.1. The number of rotatable bonds is 3. The zero-order valence-electron chi connectivity index (χ0n) is 10.4. The minimum absolute atomic E-state index is 0.160. The third-order valence-electron chi connectivity index (χ3n) is 3.21. The molecular formula is C11H21IN4. The molecule has 92 valence electrons. The summed E-state index contributed by atoms with van der Waals surface area (Å²) >= 11 is 2.41. The van der Waals surface area contributed by atoms with Gasteiger partial charge in [0.05, 0.1) is 0 Å². The first-order valence-electron chi connectivity index (χ1n) is 5.64. The first-order chi connectivity index (χ1) is 7.40. The molecule has 16 heavy (non-hydrogen) atoms. The Balaban J connectivity index is 2.69. The summed E-state index contributed by atoms with van der Waals surface area (Å²) in [5, 5.41) is 9.55. The third kappa shape index (κ3) is 2.94. The van der Waals surface area contributed by atoms with Gasteiger partial charge in [0.2, 0.25) is 0 Å². The van der Waals surface area contributed by atoms with Crippen LogP contribution < -0.4 is 5.84 Å². The third-order valence-corrected chi connectivity index (χ3v) is 4.59. The number of halogens is 1. The zero-order chi connectivity index (χ0) is 12.5.